The Morgan fingerprint density at radius 3 is 2.49 bits per heavy atom. The lowest BCUT2D eigenvalue weighted by Gasteiger charge is -2.33. The highest BCUT2D eigenvalue weighted by atomic mass is 35.5. The minimum absolute atomic E-state index is 0.0466. The number of aryl methyl sites for hydroxylation is 1. The van der Waals surface area contributed by atoms with Gasteiger partial charge in [-0.3, -0.25) is 0 Å². The quantitative estimate of drug-likeness (QED) is 0.340. The van der Waals surface area contributed by atoms with Crippen LogP contribution in [0.25, 0.3) is 0 Å². The van der Waals surface area contributed by atoms with Crippen molar-refractivity contribution in [3.05, 3.63) is 65.3 Å². The Labute approximate surface area is 211 Å². The predicted octanol–water partition coefficient (Wildman–Crippen LogP) is 3.63. The summed E-state index contributed by atoms with van der Waals surface area (Å²) < 4.78 is 28.2. The van der Waals surface area contributed by atoms with Crippen LogP contribution in [0.3, 0.4) is 0 Å². The fraction of sp³-hybridized carbons (Fsp3) is 0.333. The van der Waals surface area contributed by atoms with Gasteiger partial charge in [0, 0.05) is 41.7 Å². The molecule has 2 heterocycles. The van der Waals surface area contributed by atoms with Crippen molar-refractivity contribution in [1.82, 2.24) is 19.6 Å². The monoisotopic (exact) mass is 515 g/mol. The summed E-state index contributed by atoms with van der Waals surface area (Å²) in [7, 11) is -3.65. The van der Waals surface area contributed by atoms with E-state index >= 15 is 0 Å². The van der Waals surface area contributed by atoms with Crippen LogP contribution in [0.1, 0.15) is 18.4 Å². The topological polar surface area (TPSA) is 125 Å². The summed E-state index contributed by atoms with van der Waals surface area (Å²) in [4.78, 5) is 8.97. The first-order valence-electron chi connectivity index (χ1n) is 11.5. The summed E-state index contributed by atoms with van der Waals surface area (Å²) >= 11 is 6.20. The Morgan fingerprint density at radius 1 is 1.09 bits per heavy atom. The van der Waals surface area contributed by atoms with Gasteiger partial charge < -0.3 is 21.7 Å². The fourth-order valence-electron chi connectivity index (χ4n) is 4.00. The number of nitrogens with two attached hydrogens (primary N) is 1. The van der Waals surface area contributed by atoms with Crippen LogP contribution in [0, 0.1) is 6.92 Å². The zero-order chi connectivity index (χ0) is 24.8. The molecule has 5 N–H and O–H groups in total. The molecule has 35 heavy (non-hydrogen) atoms. The molecule has 0 saturated carbocycles. The van der Waals surface area contributed by atoms with Gasteiger partial charge in [-0.05, 0) is 80.9 Å². The molecule has 0 aliphatic carbocycles. The minimum Gasteiger partial charge on any atom is -0.340 e. The number of rotatable bonds is 9. The van der Waals surface area contributed by atoms with Crippen LogP contribution >= 0.6 is 11.6 Å². The molecule has 0 spiro atoms. The highest BCUT2D eigenvalue weighted by Gasteiger charge is 2.31. The normalized spacial score (nSPS) is 14.7. The number of hydrogen-bond donors (Lipinski definition) is 4. The summed E-state index contributed by atoms with van der Waals surface area (Å²) in [6.45, 7) is 4.12. The molecular weight excluding hydrogens is 486 g/mol. The number of nitrogens with zero attached hydrogens (tertiary/aromatic N) is 3. The Morgan fingerprint density at radius 2 is 1.80 bits per heavy atom. The predicted molar refractivity (Wildman–Crippen MR) is 140 cm³/mol. The van der Waals surface area contributed by atoms with Crippen molar-refractivity contribution in [2.75, 3.05) is 36.8 Å². The van der Waals surface area contributed by atoms with E-state index in [1.54, 1.807) is 40.8 Å². The molecule has 186 valence electrons. The average Bonchev–Trinajstić information content (AvgIpc) is 2.86. The minimum atomic E-state index is -3.65. The number of halogens is 1. The number of piperidine rings is 1. The van der Waals surface area contributed by atoms with E-state index in [1.165, 1.54) is 0 Å². The highest BCUT2D eigenvalue weighted by Crippen LogP contribution is 2.25. The van der Waals surface area contributed by atoms with Crippen LogP contribution < -0.4 is 21.7 Å². The first kappa shape index (κ1) is 25.3. The van der Waals surface area contributed by atoms with Gasteiger partial charge in [0.15, 0.2) is 0 Å². The number of sulfonamides is 1. The lowest BCUT2D eigenvalue weighted by molar-refractivity contribution is 0.266. The van der Waals surface area contributed by atoms with Crippen LogP contribution in [0.5, 0.6) is 0 Å². The van der Waals surface area contributed by atoms with Crippen molar-refractivity contribution in [3.63, 3.8) is 0 Å². The molecule has 0 amide bonds. The van der Waals surface area contributed by atoms with Crippen molar-refractivity contribution in [1.29, 1.82) is 0 Å². The molecule has 0 radical (unpaired) electrons. The third-order valence-corrected chi connectivity index (χ3v) is 8.26. The van der Waals surface area contributed by atoms with E-state index in [2.05, 4.69) is 25.9 Å². The SMILES string of the molecule is Cc1ccc(Nc2ccnc(Nc3ccc(S(=O)(=O)N(CCN)C4CCNCC4)cc3)n2)cc1Cl. The van der Waals surface area contributed by atoms with Gasteiger partial charge in [0.25, 0.3) is 0 Å². The first-order chi connectivity index (χ1) is 16.9. The fourth-order valence-corrected chi connectivity index (χ4v) is 5.88. The van der Waals surface area contributed by atoms with E-state index in [0.29, 0.717) is 29.0 Å². The molecule has 1 aromatic heterocycles. The van der Waals surface area contributed by atoms with E-state index in [0.717, 1.165) is 37.2 Å². The number of nitrogens with one attached hydrogen (secondary N) is 3. The third kappa shape index (κ3) is 6.28. The maximum atomic E-state index is 13.3. The molecule has 4 rings (SSSR count). The zero-order valence-electron chi connectivity index (χ0n) is 19.5. The molecule has 0 atom stereocenters. The maximum absolute atomic E-state index is 13.3. The Bertz CT molecular complexity index is 1250. The zero-order valence-corrected chi connectivity index (χ0v) is 21.1. The van der Waals surface area contributed by atoms with Crippen LogP contribution in [0.15, 0.2) is 59.6 Å². The smallest absolute Gasteiger partial charge is 0.243 e. The van der Waals surface area contributed by atoms with Gasteiger partial charge in [-0.15, -0.1) is 0 Å². The van der Waals surface area contributed by atoms with Crippen molar-refractivity contribution in [2.45, 2.75) is 30.7 Å². The average molecular weight is 516 g/mol. The van der Waals surface area contributed by atoms with Crippen LogP contribution in [0.4, 0.5) is 23.1 Å². The summed E-state index contributed by atoms with van der Waals surface area (Å²) in [6, 6.07) is 14.0. The molecule has 1 saturated heterocycles. The van der Waals surface area contributed by atoms with E-state index in [4.69, 9.17) is 17.3 Å². The molecule has 9 nitrogen and oxygen atoms in total. The molecule has 2 aromatic carbocycles. The summed E-state index contributed by atoms with van der Waals surface area (Å²) in [5.41, 5.74) is 8.22. The number of aromatic nitrogens is 2. The van der Waals surface area contributed by atoms with Gasteiger partial charge in [0.05, 0.1) is 4.90 Å². The molecule has 11 heteroatoms. The summed E-state index contributed by atoms with van der Waals surface area (Å²) in [5, 5.41) is 10.3. The molecular formula is C24H30ClN7O2S. The van der Waals surface area contributed by atoms with Crippen LogP contribution in [-0.2, 0) is 10.0 Å². The summed E-state index contributed by atoms with van der Waals surface area (Å²) in [6.07, 6.45) is 3.18. The molecule has 3 aromatic rings. The van der Waals surface area contributed by atoms with Gasteiger partial charge >= 0.3 is 0 Å². The molecule has 1 fully saturated rings. The number of hydrogen-bond acceptors (Lipinski definition) is 8. The largest absolute Gasteiger partial charge is 0.340 e. The standard InChI is InChI=1S/C24H30ClN7O2S/c1-17-2-3-19(16-22(17)25)29-23-10-14-28-24(31-23)30-18-4-6-21(7-5-18)35(33,34)32(15-11-26)20-8-12-27-13-9-20/h2-7,10,14,16,20,27H,8-9,11-13,15,26H2,1H3,(H2,28,29,30,31). The molecule has 1 aliphatic heterocycles. The summed E-state index contributed by atoms with van der Waals surface area (Å²) in [5.74, 6) is 0.976. The second-order valence-electron chi connectivity index (χ2n) is 8.39. The lowest BCUT2D eigenvalue weighted by Crippen LogP contribution is -2.47. The number of anilines is 4. The first-order valence-corrected chi connectivity index (χ1v) is 13.3. The van der Waals surface area contributed by atoms with E-state index < -0.39 is 10.0 Å². The highest BCUT2D eigenvalue weighted by molar-refractivity contribution is 7.89. The number of benzene rings is 2. The molecule has 1 aliphatic rings. The van der Waals surface area contributed by atoms with Gasteiger partial charge in [-0.25, -0.2) is 13.4 Å². The van der Waals surface area contributed by atoms with E-state index in [1.807, 2.05) is 25.1 Å². The Kier molecular flexibility index (Phi) is 8.19. The van der Waals surface area contributed by atoms with Crippen molar-refractivity contribution >= 4 is 44.8 Å². The van der Waals surface area contributed by atoms with Crippen LogP contribution in [0.2, 0.25) is 5.02 Å². The Balaban J connectivity index is 1.47. The van der Waals surface area contributed by atoms with Crippen molar-refractivity contribution in [2.24, 2.45) is 5.73 Å². The van der Waals surface area contributed by atoms with Crippen molar-refractivity contribution < 1.29 is 8.42 Å². The van der Waals surface area contributed by atoms with Gasteiger partial charge in [-0.1, -0.05) is 17.7 Å². The second-order valence-corrected chi connectivity index (χ2v) is 10.7. The maximum Gasteiger partial charge on any atom is 0.243 e. The molecule has 0 unspecified atom stereocenters. The van der Waals surface area contributed by atoms with Gasteiger partial charge in [-0.2, -0.15) is 9.29 Å². The third-order valence-electron chi connectivity index (χ3n) is 5.88. The Hall–Kier alpha value is -2.76. The van der Waals surface area contributed by atoms with Gasteiger partial charge in [0.1, 0.15) is 5.82 Å². The van der Waals surface area contributed by atoms with E-state index in [9.17, 15) is 8.42 Å². The van der Waals surface area contributed by atoms with Crippen LogP contribution in [-0.4, -0.2) is 54.9 Å². The molecule has 0 bridgehead atoms. The van der Waals surface area contributed by atoms with E-state index in [-0.39, 0.29) is 17.5 Å². The second kappa shape index (κ2) is 11.3. The van der Waals surface area contributed by atoms with Gasteiger partial charge in [0.2, 0.25) is 16.0 Å². The lowest BCUT2D eigenvalue weighted by atomic mass is 10.1. The van der Waals surface area contributed by atoms with Crippen molar-refractivity contribution in [3.8, 4) is 0 Å².